The summed E-state index contributed by atoms with van der Waals surface area (Å²) in [5.41, 5.74) is 3.21. The summed E-state index contributed by atoms with van der Waals surface area (Å²) in [7, 11) is 0. The molecule has 4 nitrogen and oxygen atoms in total. The van der Waals surface area contributed by atoms with Crippen molar-refractivity contribution in [2.45, 2.75) is 19.2 Å². The quantitative estimate of drug-likeness (QED) is 0.858. The number of piperazine rings is 1. The maximum atomic E-state index is 12.5. The molecule has 1 aromatic carbocycles. The second kappa shape index (κ2) is 6.57. The Bertz CT molecular complexity index is 712. The van der Waals surface area contributed by atoms with Crippen molar-refractivity contribution < 1.29 is 28.2 Å². The van der Waals surface area contributed by atoms with Crippen molar-refractivity contribution in [3.8, 4) is 0 Å². The van der Waals surface area contributed by atoms with E-state index < -0.39 is 12.3 Å². The molecule has 0 aliphatic carbocycles. The van der Waals surface area contributed by atoms with Crippen molar-refractivity contribution in [1.29, 1.82) is 0 Å². The number of aryl methyl sites for hydroxylation is 1. The number of aromatic amines is 1. The Kier molecular flexibility index (Phi) is 4.64. The maximum absolute atomic E-state index is 12.5. The standard InChI is InChI=1S/C17H20F3N3O/c1-12-10-15(13-4-2-3-5-14(13)21-12)23-8-6-22(7-9-23)11-16(24)17(18,19)20/h2-5,10,16,24H,6-9,11H2,1H3/p+2/t16-/m1/s1. The van der Waals surface area contributed by atoms with E-state index in [9.17, 15) is 18.3 Å². The fourth-order valence-electron chi connectivity index (χ4n) is 3.27. The zero-order valence-electron chi connectivity index (χ0n) is 13.5. The second-order valence-corrected chi connectivity index (χ2v) is 6.38. The van der Waals surface area contributed by atoms with Crippen LogP contribution in [0.2, 0.25) is 0 Å². The first-order chi connectivity index (χ1) is 11.3. The van der Waals surface area contributed by atoms with Gasteiger partial charge in [-0.15, -0.1) is 0 Å². The van der Waals surface area contributed by atoms with Crippen LogP contribution in [-0.2, 0) is 0 Å². The highest BCUT2D eigenvalue weighted by Crippen LogP contribution is 2.25. The van der Waals surface area contributed by atoms with Crippen molar-refractivity contribution >= 4 is 16.6 Å². The number of quaternary nitrogens is 1. The number of hydrogen-bond acceptors (Lipinski definition) is 2. The van der Waals surface area contributed by atoms with Crippen LogP contribution in [0.1, 0.15) is 5.69 Å². The predicted molar refractivity (Wildman–Crippen MR) is 85.1 cm³/mol. The lowest BCUT2D eigenvalue weighted by molar-refractivity contribution is -0.905. The third-order valence-corrected chi connectivity index (χ3v) is 4.56. The van der Waals surface area contributed by atoms with Crippen molar-refractivity contribution in [2.75, 3.05) is 37.6 Å². The van der Waals surface area contributed by atoms with Gasteiger partial charge in [0.15, 0.2) is 11.8 Å². The first-order valence-corrected chi connectivity index (χ1v) is 8.09. The average Bonchev–Trinajstić information content (AvgIpc) is 2.54. The highest BCUT2D eigenvalue weighted by atomic mass is 19.4. The van der Waals surface area contributed by atoms with E-state index in [4.69, 9.17) is 0 Å². The number of aliphatic hydroxyl groups excluding tert-OH is 1. The molecule has 7 heteroatoms. The summed E-state index contributed by atoms with van der Waals surface area (Å²) in [4.78, 5) is 6.34. The molecule has 2 aromatic rings. The highest BCUT2D eigenvalue weighted by molar-refractivity contribution is 5.89. The van der Waals surface area contributed by atoms with Gasteiger partial charge >= 0.3 is 6.18 Å². The predicted octanol–water partition coefficient (Wildman–Crippen LogP) is 0.590. The Balaban J connectivity index is 1.71. The van der Waals surface area contributed by atoms with Crippen molar-refractivity contribution in [2.24, 2.45) is 0 Å². The number of nitrogens with zero attached hydrogens (tertiary/aromatic N) is 1. The Morgan fingerprint density at radius 1 is 1.25 bits per heavy atom. The second-order valence-electron chi connectivity index (χ2n) is 6.38. The molecule has 1 aliphatic heterocycles. The van der Waals surface area contributed by atoms with Gasteiger partial charge in [0.1, 0.15) is 6.54 Å². The number of aliphatic hydroxyl groups is 1. The molecule has 1 aliphatic rings. The Morgan fingerprint density at radius 2 is 1.92 bits per heavy atom. The van der Waals surface area contributed by atoms with Crippen LogP contribution in [0, 0.1) is 6.92 Å². The van der Waals surface area contributed by atoms with Gasteiger partial charge in [-0.2, -0.15) is 13.2 Å². The van der Waals surface area contributed by atoms with Crippen LogP contribution in [0.25, 0.3) is 10.9 Å². The summed E-state index contributed by atoms with van der Waals surface area (Å²) in [6.07, 6.45) is -6.78. The summed E-state index contributed by atoms with van der Waals surface area (Å²) < 4.78 is 37.5. The van der Waals surface area contributed by atoms with Gasteiger partial charge in [-0.25, -0.2) is 4.98 Å². The molecule has 24 heavy (non-hydrogen) atoms. The van der Waals surface area contributed by atoms with Gasteiger partial charge in [0.05, 0.1) is 37.3 Å². The molecule has 0 unspecified atom stereocenters. The minimum atomic E-state index is -4.54. The van der Waals surface area contributed by atoms with Gasteiger partial charge in [0.2, 0.25) is 5.52 Å². The largest absolute Gasteiger partial charge is 0.419 e. The Morgan fingerprint density at radius 3 is 2.58 bits per heavy atom. The number of hydrogen-bond donors (Lipinski definition) is 2. The molecule has 0 spiro atoms. The minimum Gasteiger partial charge on any atom is -0.379 e. The van der Waals surface area contributed by atoms with Crippen molar-refractivity contribution in [3.05, 3.63) is 36.0 Å². The van der Waals surface area contributed by atoms with Crippen molar-refractivity contribution in [1.82, 2.24) is 0 Å². The third kappa shape index (κ3) is 3.62. The van der Waals surface area contributed by atoms with Gasteiger partial charge < -0.3 is 14.9 Å². The number of pyridine rings is 1. The summed E-state index contributed by atoms with van der Waals surface area (Å²) in [6.45, 7) is 4.23. The number of anilines is 1. The number of para-hydroxylation sites is 1. The summed E-state index contributed by atoms with van der Waals surface area (Å²) in [5.74, 6) is 0. The third-order valence-electron chi connectivity index (χ3n) is 4.56. The lowest BCUT2D eigenvalue weighted by Gasteiger charge is -2.34. The van der Waals surface area contributed by atoms with E-state index in [2.05, 4.69) is 16.0 Å². The van der Waals surface area contributed by atoms with E-state index >= 15 is 0 Å². The van der Waals surface area contributed by atoms with Gasteiger partial charge in [0, 0.05) is 19.1 Å². The summed E-state index contributed by atoms with van der Waals surface area (Å²) >= 11 is 0. The fraction of sp³-hybridized carbons (Fsp3) is 0.471. The van der Waals surface area contributed by atoms with Crippen LogP contribution in [0.15, 0.2) is 30.3 Å². The molecule has 130 valence electrons. The molecule has 3 N–H and O–H groups in total. The molecule has 0 bridgehead atoms. The minimum absolute atomic E-state index is 0.278. The number of rotatable bonds is 3. The van der Waals surface area contributed by atoms with Gasteiger partial charge in [0.25, 0.3) is 0 Å². The topological polar surface area (TPSA) is 42.0 Å². The maximum Gasteiger partial charge on any atom is 0.419 e. The molecule has 1 atom stereocenters. The molecule has 0 saturated carbocycles. The van der Waals surface area contributed by atoms with Crippen molar-refractivity contribution in [3.63, 3.8) is 0 Å². The van der Waals surface area contributed by atoms with Gasteiger partial charge in [-0.3, -0.25) is 0 Å². The van der Waals surface area contributed by atoms with Crippen LogP contribution >= 0.6 is 0 Å². The number of H-pyrrole nitrogens is 1. The number of halogens is 3. The van der Waals surface area contributed by atoms with Crippen LogP contribution < -0.4 is 14.8 Å². The van der Waals surface area contributed by atoms with Gasteiger partial charge in [-0.05, 0) is 6.07 Å². The van der Waals surface area contributed by atoms with Gasteiger partial charge in [-0.1, -0.05) is 12.1 Å². The van der Waals surface area contributed by atoms with E-state index in [-0.39, 0.29) is 6.54 Å². The molecular weight excluding hydrogens is 319 g/mol. The number of nitrogens with one attached hydrogen (secondary N) is 2. The summed E-state index contributed by atoms with van der Waals surface area (Å²) in [6, 6.07) is 10.1. The molecule has 1 saturated heterocycles. The van der Waals surface area contributed by atoms with E-state index in [0.29, 0.717) is 26.2 Å². The lowest BCUT2D eigenvalue weighted by atomic mass is 10.1. The normalized spacial score (nSPS) is 18.1. The van der Waals surface area contributed by atoms with Crippen LogP contribution in [-0.4, -0.2) is 50.1 Å². The van der Waals surface area contributed by atoms with E-state index in [1.807, 2.05) is 31.2 Å². The molecular formula is C17H22F3N3O+2. The van der Waals surface area contributed by atoms with Crippen LogP contribution in [0.3, 0.4) is 0 Å². The summed E-state index contributed by atoms with van der Waals surface area (Å²) in [5, 5.41) is 10.3. The Labute approximate surface area is 138 Å². The molecule has 2 heterocycles. The molecule has 1 fully saturated rings. The molecule has 0 amide bonds. The number of alkyl halides is 3. The monoisotopic (exact) mass is 341 g/mol. The number of aromatic nitrogens is 1. The first-order valence-electron chi connectivity index (χ1n) is 8.09. The zero-order valence-corrected chi connectivity index (χ0v) is 13.5. The Hall–Kier alpha value is -1.86. The fourth-order valence-corrected chi connectivity index (χ4v) is 3.27. The highest BCUT2D eigenvalue weighted by Gasteiger charge is 2.41. The molecule has 3 rings (SSSR count). The SMILES string of the molecule is Cc1cc(N2CC[NH+](C[C@@H](O)C(F)(F)F)CC2)c2ccccc2[nH+]1. The zero-order chi connectivity index (χ0) is 17.3. The van der Waals surface area contributed by atoms with E-state index in [1.54, 1.807) is 0 Å². The average molecular weight is 341 g/mol. The lowest BCUT2D eigenvalue weighted by Crippen LogP contribution is -3.16. The van der Waals surface area contributed by atoms with Crippen LogP contribution in [0.5, 0.6) is 0 Å². The van der Waals surface area contributed by atoms with E-state index in [0.717, 1.165) is 27.2 Å². The number of benzene rings is 1. The molecule has 1 aromatic heterocycles. The number of fused-ring (bicyclic) bond motifs is 1. The first kappa shape index (κ1) is 17.0. The molecule has 0 radical (unpaired) electrons. The van der Waals surface area contributed by atoms with Crippen LogP contribution in [0.4, 0.5) is 18.9 Å². The smallest absolute Gasteiger partial charge is 0.379 e. The van der Waals surface area contributed by atoms with E-state index in [1.165, 1.54) is 0 Å².